The molecule has 1 saturated heterocycles. The van der Waals surface area contributed by atoms with Gasteiger partial charge in [0.2, 0.25) is 5.91 Å². The maximum atomic E-state index is 12.7. The van der Waals surface area contributed by atoms with Crippen LogP contribution in [0.25, 0.3) is 0 Å². The minimum Gasteiger partial charge on any atom is -0.488 e. The van der Waals surface area contributed by atoms with Crippen LogP contribution in [0.3, 0.4) is 0 Å². The summed E-state index contributed by atoms with van der Waals surface area (Å²) in [7, 11) is 1.34. The van der Waals surface area contributed by atoms with Crippen LogP contribution in [0, 0.1) is 18.8 Å². The number of aliphatic hydroxyl groups excluding tert-OH is 1. The number of amides is 1. The van der Waals surface area contributed by atoms with Gasteiger partial charge < -0.3 is 24.0 Å². The summed E-state index contributed by atoms with van der Waals surface area (Å²) in [5.74, 6) is 1.89. The number of rotatable bonds is 6. The van der Waals surface area contributed by atoms with Crippen LogP contribution in [0.2, 0.25) is 0 Å². The summed E-state index contributed by atoms with van der Waals surface area (Å²) in [6.45, 7) is 3.97. The van der Waals surface area contributed by atoms with E-state index in [-0.39, 0.29) is 12.0 Å². The van der Waals surface area contributed by atoms with Crippen molar-refractivity contribution in [1.29, 1.82) is 0 Å². The van der Waals surface area contributed by atoms with Gasteiger partial charge in [-0.2, -0.15) is 0 Å². The van der Waals surface area contributed by atoms with Crippen molar-refractivity contribution in [2.24, 2.45) is 11.8 Å². The zero-order chi connectivity index (χ0) is 22.0. The number of imidazole rings is 1. The number of aryl methyl sites for hydroxylation is 2. The molecule has 4 atom stereocenters. The number of carbonyl (C=O) groups excluding carboxylic acids is 2. The zero-order valence-electron chi connectivity index (χ0n) is 17.9. The molecule has 1 aromatic carbocycles. The Morgan fingerprint density at radius 3 is 2.52 bits per heavy atom. The van der Waals surface area contributed by atoms with Crippen molar-refractivity contribution in [1.82, 2.24) is 14.5 Å². The SMILES string of the molecule is COC(=O)c1ccc(O[C@H]2C[C@@H]3CN(C(=O)CCn4ccnc4C)C[C@@H]3C[C@@H]2O)cc1. The third-order valence-corrected chi connectivity index (χ3v) is 6.49. The van der Waals surface area contributed by atoms with Gasteiger partial charge in [0, 0.05) is 38.4 Å². The molecule has 1 aliphatic carbocycles. The van der Waals surface area contributed by atoms with Crippen molar-refractivity contribution in [2.45, 2.75) is 44.9 Å². The van der Waals surface area contributed by atoms with E-state index >= 15 is 0 Å². The van der Waals surface area contributed by atoms with Crippen LogP contribution in [0.1, 0.15) is 35.4 Å². The molecule has 0 bridgehead atoms. The van der Waals surface area contributed by atoms with Crippen LogP contribution in [0.4, 0.5) is 0 Å². The number of esters is 1. The van der Waals surface area contributed by atoms with Crippen LogP contribution in [-0.2, 0) is 16.1 Å². The second-order valence-corrected chi connectivity index (χ2v) is 8.45. The first-order chi connectivity index (χ1) is 14.9. The van der Waals surface area contributed by atoms with E-state index in [0.717, 1.165) is 5.82 Å². The van der Waals surface area contributed by atoms with Gasteiger partial charge in [-0.1, -0.05) is 0 Å². The number of aromatic nitrogens is 2. The lowest BCUT2D eigenvalue weighted by Crippen LogP contribution is -2.42. The molecule has 0 unspecified atom stereocenters. The van der Waals surface area contributed by atoms with Gasteiger partial charge in [0.05, 0.1) is 18.8 Å². The highest BCUT2D eigenvalue weighted by molar-refractivity contribution is 5.89. The molecule has 1 N–H and O–H groups in total. The maximum Gasteiger partial charge on any atom is 0.337 e. The molecule has 166 valence electrons. The first kappa shape index (κ1) is 21.4. The normalized spacial score (nSPS) is 25.2. The highest BCUT2D eigenvalue weighted by Crippen LogP contribution is 2.38. The molecular formula is C23H29N3O5. The van der Waals surface area contributed by atoms with Crippen LogP contribution in [-0.4, -0.2) is 63.8 Å². The smallest absolute Gasteiger partial charge is 0.337 e. The fraction of sp³-hybridized carbons (Fsp3) is 0.522. The van der Waals surface area contributed by atoms with E-state index in [4.69, 9.17) is 9.47 Å². The Labute approximate surface area is 181 Å². The van der Waals surface area contributed by atoms with E-state index in [0.29, 0.717) is 62.0 Å². The lowest BCUT2D eigenvalue weighted by atomic mass is 9.78. The Balaban J connectivity index is 1.31. The van der Waals surface area contributed by atoms with Gasteiger partial charge in [-0.15, -0.1) is 0 Å². The van der Waals surface area contributed by atoms with Crippen molar-refractivity contribution in [2.75, 3.05) is 20.2 Å². The summed E-state index contributed by atoms with van der Waals surface area (Å²) in [5.41, 5.74) is 0.454. The van der Waals surface area contributed by atoms with Gasteiger partial charge in [0.25, 0.3) is 0 Å². The molecule has 2 fully saturated rings. The van der Waals surface area contributed by atoms with E-state index in [2.05, 4.69) is 4.98 Å². The number of hydrogen-bond acceptors (Lipinski definition) is 6. The number of nitrogens with zero attached hydrogens (tertiary/aromatic N) is 3. The van der Waals surface area contributed by atoms with E-state index in [1.807, 2.05) is 22.6 Å². The predicted octanol–water partition coefficient (Wildman–Crippen LogP) is 2.05. The van der Waals surface area contributed by atoms with E-state index in [1.165, 1.54) is 7.11 Å². The largest absolute Gasteiger partial charge is 0.488 e. The van der Waals surface area contributed by atoms with E-state index in [9.17, 15) is 14.7 Å². The summed E-state index contributed by atoms with van der Waals surface area (Å²) < 4.78 is 12.7. The van der Waals surface area contributed by atoms with Crippen LogP contribution >= 0.6 is 0 Å². The first-order valence-corrected chi connectivity index (χ1v) is 10.7. The molecule has 2 aliphatic rings. The molecule has 8 nitrogen and oxygen atoms in total. The molecule has 1 aliphatic heterocycles. The molecular weight excluding hydrogens is 398 g/mol. The number of carbonyl (C=O) groups is 2. The topological polar surface area (TPSA) is 93.9 Å². The van der Waals surface area contributed by atoms with E-state index in [1.54, 1.807) is 30.5 Å². The monoisotopic (exact) mass is 427 g/mol. The van der Waals surface area contributed by atoms with Gasteiger partial charge in [-0.05, 0) is 55.9 Å². The fourth-order valence-electron chi connectivity index (χ4n) is 4.70. The Hall–Kier alpha value is -2.87. The van der Waals surface area contributed by atoms with Crippen molar-refractivity contribution in [3.8, 4) is 5.75 Å². The minimum atomic E-state index is -0.579. The van der Waals surface area contributed by atoms with Crippen molar-refractivity contribution in [3.05, 3.63) is 48.0 Å². The molecule has 0 radical (unpaired) electrons. The third-order valence-electron chi connectivity index (χ3n) is 6.49. The molecule has 8 heteroatoms. The molecule has 4 rings (SSSR count). The number of methoxy groups -OCH3 is 1. The second kappa shape index (κ2) is 9.09. The average Bonchev–Trinajstić information content (AvgIpc) is 3.37. The quantitative estimate of drug-likeness (QED) is 0.709. The average molecular weight is 428 g/mol. The Kier molecular flexibility index (Phi) is 6.27. The number of likely N-dealkylation sites (tertiary alicyclic amines) is 1. The minimum absolute atomic E-state index is 0.146. The Morgan fingerprint density at radius 2 is 1.87 bits per heavy atom. The Morgan fingerprint density at radius 1 is 1.16 bits per heavy atom. The molecule has 1 aromatic heterocycles. The van der Waals surface area contributed by atoms with Crippen molar-refractivity contribution < 1.29 is 24.2 Å². The lowest BCUT2D eigenvalue weighted by molar-refractivity contribution is -0.130. The highest BCUT2D eigenvalue weighted by Gasteiger charge is 2.43. The fourth-order valence-corrected chi connectivity index (χ4v) is 4.70. The van der Waals surface area contributed by atoms with Crippen LogP contribution < -0.4 is 4.74 Å². The summed E-state index contributed by atoms with van der Waals surface area (Å²) >= 11 is 0. The number of benzene rings is 1. The highest BCUT2D eigenvalue weighted by atomic mass is 16.5. The summed E-state index contributed by atoms with van der Waals surface area (Å²) in [5, 5.41) is 10.6. The summed E-state index contributed by atoms with van der Waals surface area (Å²) in [4.78, 5) is 30.4. The van der Waals surface area contributed by atoms with Crippen molar-refractivity contribution >= 4 is 11.9 Å². The zero-order valence-corrected chi connectivity index (χ0v) is 17.9. The van der Waals surface area contributed by atoms with Gasteiger partial charge in [-0.3, -0.25) is 4.79 Å². The molecule has 1 saturated carbocycles. The predicted molar refractivity (Wildman–Crippen MR) is 113 cm³/mol. The lowest BCUT2D eigenvalue weighted by Gasteiger charge is -2.35. The molecule has 1 amide bonds. The second-order valence-electron chi connectivity index (χ2n) is 8.45. The van der Waals surface area contributed by atoms with Crippen LogP contribution in [0.15, 0.2) is 36.7 Å². The standard InChI is InChI=1S/C23H29N3O5/c1-15-24-8-10-25(15)9-7-22(28)26-13-17-11-20(27)21(12-18(17)14-26)31-19-5-3-16(4-6-19)23(29)30-2/h3-6,8,10,17-18,20-21,27H,7,9,11-14H2,1-2H3/t17-,18+,20-,21-/m0/s1. The maximum absolute atomic E-state index is 12.7. The third kappa shape index (κ3) is 4.74. The number of fused-ring (bicyclic) bond motifs is 1. The number of ether oxygens (including phenoxy) is 2. The number of hydrogen-bond donors (Lipinski definition) is 1. The molecule has 2 heterocycles. The molecule has 31 heavy (non-hydrogen) atoms. The first-order valence-electron chi connectivity index (χ1n) is 10.7. The molecule has 0 spiro atoms. The van der Waals surface area contributed by atoms with Gasteiger partial charge in [0.15, 0.2) is 0 Å². The summed E-state index contributed by atoms with van der Waals surface area (Å²) in [6.07, 6.45) is 4.51. The van der Waals surface area contributed by atoms with E-state index < -0.39 is 12.1 Å². The Bertz CT molecular complexity index is 926. The number of aliphatic hydroxyl groups is 1. The summed E-state index contributed by atoms with van der Waals surface area (Å²) in [6, 6.07) is 6.73. The van der Waals surface area contributed by atoms with Gasteiger partial charge in [0.1, 0.15) is 17.7 Å². The van der Waals surface area contributed by atoms with Gasteiger partial charge >= 0.3 is 5.97 Å². The van der Waals surface area contributed by atoms with Crippen molar-refractivity contribution in [3.63, 3.8) is 0 Å². The molecule has 2 aromatic rings. The van der Waals surface area contributed by atoms with Crippen LogP contribution in [0.5, 0.6) is 5.75 Å². The van der Waals surface area contributed by atoms with Gasteiger partial charge in [-0.25, -0.2) is 9.78 Å².